The number of hydrogen-bond acceptors (Lipinski definition) is 3. The van der Waals surface area contributed by atoms with E-state index in [1.54, 1.807) is 48.5 Å². The van der Waals surface area contributed by atoms with E-state index in [2.05, 4.69) is 5.32 Å². The standard InChI is InChI=1S/C22H20N2O3S/c1-16-6-5-7-19(14-16)23-22(25)18-10-11-21-17(15-18)12-13-24(21)28(26,27)20-8-3-2-4-9-20/h2-11,14-15H,12-13H2,1H3,(H,23,25). The van der Waals surface area contributed by atoms with Crippen LogP contribution >= 0.6 is 0 Å². The Kier molecular flexibility index (Phi) is 4.65. The molecule has 1 heterocycles. The van der Waals surface area contributed by atoms with Crippen molar-refractivity contribution in [1.82, 2.24) is 0 Å². The predicted molar refractivity (Wildman–Crippen MR) is 110 cm³/mol. The van der Waals surface area contributed by atoms with Gasteiger partial charge in [-0.15, -0.1) is 0 Å². The summed E-state index contributed by atoms with van der Waals surface area (Å²) in [6, 6.07) is 21.2. The third-order valence-corrected chi connectivity index (χ3v) is 6.63. The predicted octanol–water partition coefficient (Wildman–Crippen LogP) is 4.00. The zero-order chi connectivity index (χ0) is 19.7. The van der Waals surface area contributed by atoms with Crippen LogP contribution in [0.3, 0.4) is 0 Å². The maximum absolute atomic E-state index is 12.9. The third kappa shape index (κ3) is 3.39. The van der Waals surface area contributed by atoms with Crippen molar-refractivity contribution in [3.8, 4) is 0 Å². The van der Waals surface area contributed by atoms with Crippen LogP contribution in [0.1, 0.15) is 21.5 Å². The Morgan fingerprint density at radius 1 is 0.964 bits per heavy atom. The molecule has 0 radical (unpaired) electrons. The van der Waals surface area contributed by atoms with Gasteiger partial charge in [-0.25, -0.2) is 8.42 Å². The first-order valence-electron chi connectivity index (χ1n) is 9.04. The fraction of sp³-hybridized carbons (Fsp3) is 0.136. The van der Waals surface area contributed by atoms with Crippen molar-refractivity contribution in [1.29, 1.82) is 0 Å². The molecule has 0 unspecified atom stereocenters. The Hall–Kier alpha value is -3.12. The molecule has 3 aromatic rings. The monoisotopic (exact) mass is 392 g/mol. The normalized spacial score (nSPS) is 13.2. The van der Waals surface area contributed by atoms with E-state index in [1.165, 1.54) is 4.31 Å². The van der Waals surface area contributed by atoms with Gasteiger partial charge in [-0.2, -0.15) is 0 Å². The summed E-state index contributed by atoms with van der Waals surface area (Å²) in [7, 11) is -3.61. The number of nitrogens with zero attached hydrogens (tertiary/aromatic N) is 1. The largest absolute Gasteiger partial charge is 0.322 e. The number of carbonyl (C=O) groups is 1. The van der Waals surface area contributed by atoms with E-state index in [9.17, 15) is 13.2 Å². The number of carbonyl (C=O) groups excluding carboxylic acids is 1. The SMILES string of the molecule is Cc1cccc(NC(=O)c2ccc3c(c2)CCN3S(=O)(=O)c2ccccc2)c1. The van der Waals surface area contributed by atoms with E-state index in [0.717, 1.165) is 16.8 Å². The summed E-state index contributed by atoms with van der Waals surface area (Å²) in [5, 5.41) is 2.89. The summed E-state index contributed by atoms with van der Waals surface area (Å²) in [6.45, 7) is 2.34. The van der Waals surface area contributed by atoms with Crippen molar-refractivity contribution in [3.63, 3.8) is 0 Å². The Labute approximate surface area is 164 Å². The molecule has 0 atom stereocenters. The van der Waals surface area contributed by atoms with Gasteiger partial charge in [-0.05, 0) is 66.9 Å². The Morgan fingerprint density at radius 2 is 1.75 bits per heavy atom. The lowest BCUT2D eigenvalue weighted by Gasteiger charge is -2.19. The number of benzene rings is 3. The molecule has 3 aromatic carbocycles. The van der Waals surface area contributed by atoms with Gasteiger partial charge in [0.2, 0.25) is 0 Å². The van der Waals surface area contributed by atoms with Gasteiger partial charge in [0.25, 0.3) is 15.9 Å². The van der Waals surface area contributed by atoms with Crippen molar-refractivity contribution < 1.29 is 13.2 Å². The summed E-state index contributed by atoms with van der Waals surface area (Å²) in [5.41, 5.74) is 3.80. The van der Waals surface area contributed by atoms with Gasteiger partial charge in [-0.1, -0.05) is 30.3 Å². The minimum atomic E-state index is -3.61. The molecule has 0 fully saturated rings. The van der Waals surface area contributed by atoms with Crippen LogP contribution in [-0.4, -0.2) is 20.9 Å². The Bertz CT molecular complexity index is 1140. The first-order valence-corrected chi connectivity index (χ1v) is 10.5. The number of rotatable bonds is 4. The molecular weight excluding hydrogens is 372 g/mol. The number of nitrogens with one attached hydrogen (secondary N) is 1. The maximum atomic E-state index is 12.9. The second-order valence-corrected chi connectivity index (χ2v) is 8.67. The fourth-order valence-corrected chi connectivity index (χ4v) is 4.93. The highest BCUT2D eigenvalue weighted by atomic mass is 32.2. The van der Waals surface area contributed by atoms with E-state index in [4.69, 9.17) is 0 Å². The molecule has 6 heteroatoms. The van der Waals surface area contributed by atoms with Crippen molar-refractivity contribution in [2.75, 3.05) is 16.2 Å². The topological polar surface area (TPSA) is 66.5 Å². The maximum Gasteiger partial charge on any atom is 0.264 e. The molecule has 1 aliphatic heterocycles. The molecule has 4 rings (SSSR count). The molecule has 0 aromatic heterocycles. The van der Waals surface area contributed by atoms with Crippen molar-refractivity contribution in [2.24, 2.45) is 0 Å². The highest BCUT2D eigenvalue weighted by Gasteiger charge is 2.31. The van der Waals surface area contributed by atoms with Crippen LogP contribution < -0.4 is 9.62 Å². The number of anilines is 2. The van der Waals surface area contributed by atoms with Gasteiger partial charge in [-0.3, -0.25) is 9.10 Å². The van der Waals surface area contributed by atoms with Crippen molar-refractivity contribution in [2.45, 2.75) is 18.2 Å². The van der Waals surface area contributed by atoms with Crippen LogP contribution in [0.25, 0.3) is 0 Å². The van der Waals surface area contributed by atoms with E-state index < -0.39 is 10.0 Å². The minimum absolute atomic E-state index is 0.210. The van der Waals surface area contributed by atoms with Crippen LogP contribution in [0.2, 0.25) is 0 Å². The highest BCUT2D eigenvalue weighted by Crippen LogP contribution is 2.33. The highest BCUT2D eigenvalue weighted by molar-refractivity contribution is 7.92. The van der Waals surface area contributed by atoms with Crippen LogP contribution in [0.15, 0.2) is 77.7 Å². The van der Waals surface area contributed by atoms with E-state index in [1.807, 2.05) is 31.2 Å². The third-order valence-electron chi connectivity index (χ3n) is 4.80. The number of hydrogen-bond donors (Lipinski definition) is 1. The lowest BCUT2D eigenvalue weighted by atomic mass is 10.1. The van der Waals surface area contributed by atoms with E-state index in [0.29, 0.717) is 24.2 Å². The van der Waals surface area contributed by atoms with Gasteiger partial charge >= 0.3 is 0 Å². The number of fused-ring (bicyclic) bond motifs is 1. The van der Waals surface area contributed by atoms with Crippen molar-refractivity contribution in [3.05, 3.63) is 89.5 Å². The molecule has 0 aliphatic carbocycles. The van der Waals surface area contributed by atoms with Crippen LogP contribution in [0.4, 0.5) is 11.4 Å². The summed E-state index contributed by atoms with van der Waals surface area (Å²) in [5.74, 6) is -0.210. The molecule has 1 aliphatic rings. The molecule has 1 amide bonds. The molecule has 142 valence electrons. The molecule has 28 heavy (non-hydrogen) atoms. The molecule has 5 nitrogen and oxygen atoms in total. The van der Waals surface area contributed by atoms with Gasteiger partial charge in [0, 0.05) is 17.8 Å². The average molecular weight is 392 g/mol. The first-order chi connectivity index (χ1) is 13.4. The number of amides is 1. The quantitative estimate of drug-likeness (QED) is 0.730. The first kappa shape index (κ1) is 18.3. The average Bonchev–Trinajstić information content (AvgIpc) is 3.12. The van der Waals surface area contributed by atoms with Gasteiger partial charge < -0.3 is 5.32 Å². The lowest BCUT2D eigenvalue weighted by molar-refractivity contribution is 0.102. The molecule has 0 saturated heterocycles. The molecule has 0 spiro atoms. The molecule has 0 bridgehead atoms. The second-order valence-electron chi connectivity index (χ2n) is 6.81. The molecule has 0 saturated carbocycles. The lowest BCUT2D eigenvalue weighted by Crippen LogP contribution is -2.29. The molecular formula is C22H20N2O3S. The summed E-state index contributed by atoms with van der Waals surface area (Å²) in [6.07, 6.45) is 0.576. The summed E-state index contributed by atoms with van der Waals surface area (Å²) < 4.78 is 27.3. The van der Waals surface area contributed by atoms with E-state index >= 15 is 0 Å². The van der Waals surface area contributed by atoms with Gasteiger partial charge in [0.1, 0.15) is 0 Å². The second kappa shape index (κ2) is 7.13. The number of sulfonamides is 1. The Balaban J connectivity index is 1.59. The zero-order valence-corrected chi connectivity index (χ0v) is 16.2. The summed E-state index contributed by atoms with van der Waals surface area (Å²) >= 11 is 0. The number of aryl methyl sites for hydroxylation is 1. The van der Waals surface area contributed by atoms with Gasteiger partial charge in [0.05, 0.1) is 10.6 Å². The van der Waals surface area contributed by atoms with Crippen LogP contribution in [0.5, 0.6) is 0 Å². The zero-order valence-electron chi connectivity index (χ0n) is 15.4. The fourth-order valence-electron chi connectivity index (χ4n) is 3.41. The Morgan fingerprint density at radius 3 is 2.50 bits per heavy atom. The van der Waals surface area contributed by atoms with Crippen LogP contribution in [0, 0.1) is 6.92 Å². The summed E-state index contributed by atoms with van der Waals surface area (Å²) in [4.78, 5) is 12.8. The van der Waals surface area contributed by atoms with Crippen LogP contribution in [-0.2, 0) is 16.4 Å². The molecule has 1 N–H and O–H groups in total. The smallest absolute Gasteiger partial charge is 0.264 e. The van der Waals surface area contributed by atoms with Crippen molar-refractivity contribution >= 4 is 27.3 Å². The van der Waals surface area contributed by atoms with Gasteiger partial charge in [0.15, 0.2) is 0 Å². The van der Waals surface area contributed by atoms with E-state index in [-0.39, 0.29) is 10.8 Å². The minimum Gasteiger partial charge on any atom is -0.322 e.